The van der Waals surface area contributed by atoms with Gasteiger partial charge in [0.05, 0.1) is 0 Å². The Hall–Kier alpha value is -0.440. The van der Waals surface area contributed by atoms with E-state index in [1.807, 2.05) is 11.8 Å². The zero-order chi connectivity index (χ0) is 10.3. The van der Waals surface area contributed by atoms with E-state index in [0.29, 0.717) is 11.2 Å². The molecule has 13 heavy (non-hydrogen) atoms. The Bertz CT molecular complexity index is 181. The minimum Gasteiger partial charge on any atom is -0.403 e. The van der Waals surface area contributed by atoms with Gasteiger partial charge in [0.1, 0.15) is 0 Å². The second kappa shape index (κ2) is 7.01. The molecule has 0 saturated carbocycles. The van der Waals surface area contributed by atoms with Crippen LogP contribution in [0.15, 0.2) is 17.4 Å². The van der Waals surface area contributed by atoms with Crippen molar-refractivity contribution in [1.82, 2.24) is 0 Å². The predicted octanol–water partition coefficient (Wildman–Crippen LogP) is 2.65. The molecule has 0 fully saturated rings. The maximum Gasteiger partial charge on any atom is 0.0428 e. The Morgan fingerprint density at radius 3 is 2.46 bits per heavy atom. The quantitative estimate of drug-likeness (QED) is 0.693. The number of nitrogens with two attached hydrogens (primary N) is 1. The molecular formula is C10H20N2S. The van der Waals surface area contributed by atoms with Crippen LogP contribution in [0.25, 0.3) is 0 Å². The Kier molecular flexibility index (Phi) is 6.77. The number of aliphatic imine (C=N–C) groups is 1. The molecule has 0 aliphatic rings. The SMILES string of the molecule is CCC(SC)C(=N/C=C\N)C(C)C. The molecule has 0 aliphatic carbocycles. The van der Waals surface area contributed by atoms with Crippen molar-refractivity contribution in [3.05, 3.63) is 12.4 Å². The molecule has 0 aromatic heterocycles. The van der Waals surface area contributed by atoms with Crippen LogP contribution in [-0.2, 0) is 0 Å². The van der Waals surface area contributed by atoms with Gasteiger partial charge in [0.25, 0.3) is 0 Å². The van der Waals surface area contributed by atoms with Gasteiger partial charge in [0.15, 0.2) is 0 Å². The van der Waals surface area contributed by atoms with Crippen molar-refractivity contribution < 1.29 is 0 Å². The minimum atomic E-state index is 0.494. The molecule has 0 aromatic carbocycles. The average molecular weight is 200 g/mol. The maximum atomic E-state index is 5.27. The van der Waals surface area contributed by atoms with E-state index < -0.39 is 0 Å². The van der Waals surface area contributed by atoms with E-state index in [1.165, 1.54) is 11.9 Å². The van der Waals surface area contributed by atoms with E-state index >= 15 is 0 Å². The van der Waals surface area contributed by atoms with Crippen molar-refractivity contribution in [2.24, 2.45) is 16.6 Å². The van der Waals surface area contributed by atoms with Gasteiger partial charge in [-0.1, -0.05) is 20.8 Å². The molecule has 2 N–H and O–H groups in total. The molecular weight excluding hydrogens is 180 g/mol. The van der Waals surface area contributed by atoms with E-state index in [2.05, 4.69) is 32.0 Å². The third-order valence-corrected chi connectivity index (χ3v) is 3.03. The lowest BCUT2D eigenvalue weighted by Crippen LogP contribution is -2.21. The van der Waals surface area contributed by atoms with Gasteiger partial charge >= 0.3 is 0 Å². The summed E-state index contributed by atoms with van der Waals surface area (Å²) in [6.07, 6.45) is 6.40. The lowest BCUT2D eigenvalue weighted by Gasteiger charge is -2.17. The van der Waals surface area contributed by atoms with Crippen LogP contribution in [0.5, 0.6) is 0 Å². The molecule has 0 saturated heterocycles. The van der Waals surface area contributed by atoms with Gasteiger partial charge in [-0.25, -0.2) is 0 Å². The summed E-state index contributed by atoms with van der Waals surface area (Å²) in [7, 11) is 0. The Morgan fingerprint density at radius 2 is 2.15 bits per heavy atom. The molecule has 0 radical (unpaired) electrons. The van der Waals surface area contributed by atoms with Gasteiger partial charge in [-0.15, -0.1) is 0 Å². The summed E-state index contributed by atoms with van der Waals surface area (Å²) in [6.45, 7) is 6.52. The first-order chi connectivity index (χ1) is 6.17. The Balaban J connectivity index is 4.57. The molecule has 0 aliphatic heterocycles. The van der Waals surface area contributed by atoms with Gasteiger partial charge in [-0.3, -0.25) is 4.99 Å². The maximum absolute atomic E-state index is 5.27. The van der Waals surface area contributed by atoms with Gasteiger partial charge in [0, 0.05) is 23.4 Å². The van der Waals surface area contributed by atoms with Gasteiger partial charge in [0.2, 0.25) is 0 Å². The fourth-order valence-corrected chi connectivity index (χ4v) is 2.14. The summed E-state index contributed by atoms with van der Waals surface area (Å²) >= 11 is 1.85. The number of rotatable bonds is 5. The van der Waals surface area contributed by atoms with Crippen molar-refractivity contribution in [2.45, 2.75) is 32.4 Å². The van der Waals surface area contributed by atoms with Gasteiger partial charge in [-0.2, -0.15) is 11.8 Å². The molecule has 0 amide bonds. The van der Waals surface area contributed by atoms with Crippen LogP contribution >= 0.6 is 11.8 Å². The van der Waals surface area contributed by atoms with Crippen molar-refractivity contribution in [3.63, 3.8) is 0 Å². The Labute approximate surface area is 85.7 Å². The molecule has 0 spiro atoms. The van der Waals surface area contributed by atoms with Crippen molar-refractivity contribution >= 4 is 17.5 Å². The largest absolute Gasteiger partial charge is 0.403 e. The highest BCUT2D eigenvalue weighted by Gasteiger charge is 2.15. The van der Waals surface area contributed by atoms with E-state index in [-0.39, 0.29) is 0 Å². The summed E-state index contributed by atoms with van der Waals surface area (Å²) in [6, 6.07) is 0. The molecule has 0 rings (SSSR count). The standard InChI is InChI=1S/C10H20N2S/c1-5-9(13-4)10(8(2)3)12-7-6-11/h6-9H,5,11H2,1-4H3/b7-6-,12-10?. The summed E-state index contributed by atoms with van der Waals surface area (Å²) < 4.78 is 0. The third kappa shape index (κ3) is 4.36. The summed E-state index contributed by atoms with van der Waals surface area (Å²) in [5.74, 6) is 0.494. The topological polar surface area (TPSA) is 38.4 Å². The minimum absolute atomic E-state index is 0.494. The second-order valence-corrected chi connectivity index (χ2v) is 4.22. The molecule has 76 valence electrons. The van der Waals surface area contributed by atoms with Crippen molar-refractivity contribution in [1.29, 1.82) is 0 Å². The summed E-state index contributed by atoms with van der Waals surface area (Å²) in [5, 5.41) is 0.524. The van der Waals surface area contributed by atoms with Crippen LogP contribution < -0.4 is 5.73 Å². The first-order valence-corrected chi connectivity index (χ1v) is 5.93. The normalized spacial score (nSPS) is 15.6. The van der Waals surface area contributed by atoms with Crippen LogP contribution in [0, 0.1) is 5.92 Å². The van der Waals surface area contributed by atoms with Gasteiger partial charge < -0.3 is 5.73 Å². The van der Waals surface area contributed by atoms with Crippen LogP contribution in [0.4, 0.5) is 0 Å². The molecule has 0 bridgehead atoms. The van der Waals surface area contributed by atoms with E-state index in [0.717, 1.165) is 6.42 Å². The van der Waals surface area contributed by atoms with Crippen LogP contribution in [0.3, 0.4) is 0 Å². The fourth-order valence-electron chi connectivity index (χ4n) is 1.23. The average Bonchev–Trinajstić information content (AvgIpc) is 2.11. The number of hydrogen-bond donors (Lipinski definition) is 1. The van der Waals surface area contributed by atoms with E-state index in [9.17, 15) is 0 Å². The van der Waals surface area contributed by atoms with Crippen molar-refractivity contribution in [3.8, 4) is 0 Å². The molecule has 2 nitrogen and oxygen atoms in total. The van der Waals surface area contributed by atoms with Crippen LogP contribution in [0.2, 0.25) is 0 Å². The van der Waals surface area contributed by atoms with Crippen LogP contribution in [-0.4, -0.2) is 17.2 Å². The molecule has 0 heterocycles. The molecule has 1 atom stereocenters. The highest BCUT2D eigenvalue weighted by molar-refractivity contribution is 7.99. The van der Waals surface area contributed by atoms with Crippen molar-refractivity contribution in [2.75, 3.05) is 6.26 Å². The molecule has 1 unspecified atom stereocenters. The number of hydrogen-bond acceptors (Lipinski definition) is 3. The van der Waals surface area contributed by atoms with Crippen LogP contribution in [0.1, 0.15) is 27.2 Å². The smallest absolute Gasteiger partial charge is 0.0428 e. The summed E-state index contributed by atoms with van der Waals surface area (Å²) in [5.41, 5.74) is 6.50. The monoisotopic (exact) mass is 200 g/mol. The predicted molar refractivity (Wildman–Crippen MR) is 63.2 cm³/mol. The highest BCUT2D eigenvalue weighted by atomic mass is 32.2. The lowest BCUT2D eigenvalue weighted by atomic mass is 10.0. The number of thioether (sulfide) groups is 1. The summed E-state index contributed by atoms with van der Waals surface area (Å²) in [4.78, 5) is 4.37. The third-order valence-electron chi connectivity index (χ3n) is 1.89. The highest BCUT2D eigenvalue weighted by Crippen LogP contribution is 2.17. The van der Waals surface area contributed by atoms with E-state index in [1.54, 1.807) is 6.20 Å². The fraction of sp³-hybridized carbons (Fsp3) is 0.700. The first kappa shape index (κ1) is 12.6. The first-order valence-electron chi connectivity index (χ1n) is 4.64. The van der Waals surface area contributed by atoms with Gasteiger partial charge in [-0.05, 0) is 18.6 Å². The molecule has 0 aromatic rings. The zero-order valence-electron chi connectivity index (χ0n) is 8.95. The lowest BCUT2D eigenvalue weighted by molar-refractivity contribution is 0.835. The molecule has 3 heteroatoms. The second-order valence-electron chi connectivity index (χ2n) is 3.18. The van der Waals surface area contributed by atoms with E-state index in [4.69, 9.17) is 5.73 Å². The number of nitrogens with zero attached hydrogens (tertiary/aromatic N) is 1. The zero-order valence-corrected chi connectivity index (χ0v) is 9.77. The Morgan fingerprint density at radius 1 is 1.54 bits per heavy atom.